The summed E-state index contributed by atoms with van der Waals surface area (Å²) in [6.45, 7) is 4.28. The van der Waals surface area contributed by atoms with Gasteiger partial charge in [0, 0.05) is 29.2 Å². The van der Waals surface area contributed by atoms with Crippen LogP contribution in [0.4, 0.5) is 0 Å². The van der Waals surface area contributed by atoms with Gasteiger partial charge in [0.05, 0.1) is 6.20 Å². The van der Waals surface area contributed by atoms with Gasteiger partial charge in [0.1, 0.15) is 4.21 Å². The highest BCUT2D eigenvalue weighted by atomic mass is 32.2. The summed E-state index contributed by atoms with van der Waals surface area (Å²) in [4.78, 5) is 0.889. The molecule has 19 heavy (non-hydrogen) atoms. The zero-order chi connectivity index (χ0) is 14.0. The maximum Gasteiger partial charge on any atom is 0.250 e. The first-order valence-electron chi connectivity index (χ1n) is 5.72. The maximum absolute atomic E-state index is 12.1. The lowest BCUT2D eigenvalue weighted by Crippen LogP contribution is -2.22. The van der Waals surface area contributed by atoms with Crippen LogP contribution >= 0.6 is 11.3 Å². The summed E-state index contributed by atoms with van der Waals surface area (Å²) in [6.07, 6.45) is 1.61. The van der Waals surface area contributed by atoms with Gasteiger partial charge < -0.3 is 5.73 Å². The molecule has 0 bridgehead atoms. The predicted molar refractivity (Wildman–Crippen MR) is 74.3 cm³/mol. The van der Waals surface area contributed by atoms with Crippen LogP contribution in [0.25, 0.3) is 0 Å². The number of aromatic amines is 1. The number of sulfonamides is 1. The second-order valence-corrected chi connectivity index (χ2v) is 7.35. The first-order chi connectivity index (χ1) is 8.94. The van der Waals surface area contributed by atoms with E-state index < -0.39 is 10.0 Å². The Balaban J connectivity index is 2.16. The average molecular weight is 300 g/mol. The van der Waals surface area contributed by atoms with Crippen LogP contribution in [-0.2, 0) is 23.1 Å². The van der Waals surface area contributed by atoms with E-state index >= 15 is 0 Å². The van der Waals surface area contributed by atoms with Crippen molar-refractivity contribution < 1.29 is 8.42 Å². The van der Waals surface area contributed by atoms with E-state index in [1.165, 1.54) is 11.3 Å². The molecule has 0 atom stereocenters. The van der Waals surface area contributed by atoms with Crippen LogP contribution in [0.15, 0.2) is 16.5 Å². The lowest BCUT2D eigenvalue weighted by atomic mass is 10.3. The first-order valence-corrected chi connectivity index (χ1v) is 8.02. The predicted octanol–water partition coefficient (Wildman–Crippen LogP) is 1.03. The Hall–Kier alpha value is -1.22. The van der Waals surface area contributed by atoms with Crippen LogP contribution in [0, 0.1) is 13.8 Å². The van der Waals surface area contributed by atoms with Crippen LogP contribution in [0.5, 0.6) is 0 Å². The summed E-state index contributed by atoms with van der Waals surface area (Å²) >= 11 is 1.21. The van der Waals surface area contributed by atoms with Gasteiger partial charge in [-0.3, -0.25) is 5.10 Å². The molecule has 2 rings (SSSR count). The fourth-order valence-corrected chi connectivity index (χ4v) is 4.14. The Morgan fingerprint density at radius 2 is 2.21 bits per heavy atom. The molecule has 0 aliphatic heterocycles. The molecule has 6 nitrogen and oxygen atoms in total. The van der Waals surface area contributed by atoms with Gasteiger partial charge in [0.2, 0.25) is 10.0 Å². The number of thiophene rings is 1. The van der Waals surface area contributed by atoms with E-state index in [0.717, 1.165) is 21.7 Å². The van der Waals surface area contributed by atoms with Crippen molar-refractivity contribution in [2.24, 2.45) is 5.73 Å². The van der Waals surface area contributed by atoms with E-state index in [4.69, 9.17) is 5.73 Å². The average Bonchev–Trinajstić information content (AvgIpc) is 2.93. The molecule has 0 spiro atoms. The van der Waals surface area contributed by atoms with E-state index in [1.807, 2.05) is 13.8 Å². The zero-order valence-corrected chi connectivity index (χ0v) is 12.4. The number of aromatic nitrogens is 2. The minimum absolute atomic E-state index is 0.222. The summed E-state index contributed by atoms with van der Waals surface area (Å²) in [7, 11) is -3.49. The molecular formula is C11H16N4O2S2. The lowest BCUT2D eigenvalue weighted by Gasteiger charge is -2.03. The number of rotatable bonds is 5. The third-order valence-electron chi connectivity index (χ3n) is 2.84. The standard InChI is InChI=1S/C11H16N4O2S2/c1-7-3-11(18-10(7)4-12)19(16,17)14-6-9-5-13-15-8(9)2/h3,5,14H,4,6,12H2,1-2H3,(H,13,15). The quantitative estimate of drug-likeness (QED) is 0.767. The van der Waals surface area contributed by atoms with Gasteiger partial charge in [-0.25, -0.2) is 13.1 Å². The summed E-state index contributed by atoms with van der Waals surface area (Å²) < 4.78 is 27.2. The molecule has 0 radical (unpaired) electrons. The van der Waals surface area contributed by atoms with Crippen molar-refractivity contribution in [2.75, 3.05) is 0 Å². The number of hydrogen-bond acceptors (Lipinski definition) is 5. The molecule has 0 aliphatic carbocycles. The number of hydrogen-bond donors (Lipinski definition) is 3. The Morgan fingerprint density at radius 1 is 1.47 bits per heavy atom. The smallest absolute Gasteiger partial charge is 0.250 e. The van der Waals surface area contributed by atoms with Crippen molar-refractivity contribution >= 4 is 21.4 Å². The molecule has 104 valence electrons. The zero-order valence-electron chi connectivity index (χ0n) is 10.7. The van der Waals surface area contributed by atoms with Gasteiger partial charge in [0.15, 0.2) is 0 Å². The molecule has 0 unspecified atom stereocenters. The van der Waals surface area contributed by atoms with Gasteiger partial charge in [-0.2, -0.15) is 5.10 Å². The second kappa shape index (κ2) is 5.41. The molecule has 2 aromatic rings. The molecule has 2 aromatic heterocycles. The van der Waals surface area contributed by atoms with Crippen molar-refractivity contribution in [3.8, 4) is 0 Å². The third-order valence-corrected chi connectivity index (χ3v) is 5.97. The molecule has 4 N–H and O–H groups in total. The molecular weight excluding hydrogens is 284 g/mol. The van der Waals surface area contributed by atoms with Crippen molar-refractivity contribution in [3.05, 3.63) is 34.0 Å². The Kier molecular flexibility index (Phi) is 4.04. The fraction of sp³-hybridized carbons (Fsp3) is 0.364. The van der Waals surface area contributed by atoms with Crippen molar-refractivity contribution in [1.29, 1.82) is 0 Å². The van der Waals surface area contributed by atoms with Crippen LogP contribution < -0.4 is 10.5 Å². The maximum atomic E-state index is 12.1. The number of nitrogens with two attached hydrogens (primary N) is 1. The van der Waals surface area contributed by atoms with E-state index in [-0.39, 0.29) is 6.54 Å². The van der Waals surface area contributed by atoms with Crippen molar-refractivity contribution in [3.63, 3.8) is 0 Å². The van der Waals surface area contributed by atoms with Gasteiger partial charge in [-0.1, -0.05) is 0 Å². The molecule has 0 saturated heterocycles. The van der Waals surface area contributed by atoms with Crippen molar-refractivity contribution in [2.45, 2.75) is 31.1 Å². The molecule has 8 heteroatoms. The number of nitrogens with one attached hydrogen (secondary N) is 2. The van der Waals surface area contributed by atoms with Gasteiger partial charge in [0.25, 0.3) is 0 Å². The van der Waals surface area contributed by atoms with Gasteiger partial charge in [-0.05, 0) is 25.5 Å². The lowest BCUT2D eigenvalue weighted by molar-refractivity contribution is 0.583. The topological polar surface area (TPSA) is 101 Å². The van der Waals surface area contributed by atoms with Crippen LogP contribution in [0.2, 0.25) is 0 Å². The van der Waals surface area contributed by atoms with Crippen LogP contribution in [0.3, 0.4) is 0 Å². The highest BCUT2D eigenvalue weighted by Gasteiger charge is 2.18. The SMILES string of the molecule is Cc1cc(S(=O)(=O)NCc2cn[nH]c2C)sc1CN. The highest BCUT2D eigenvalue weighted by Crippen LogP contribution is 2.25. The summed E-state index contributed by atoms with van der Waals surface area (Å²) in [5.41, 5.74) is 8.15. The number of H-pyrrole nitrogens is 1. The minimum Gasteiger partial charge on any atom is -0.326 e. The monoisotopic (exact) mass is 300 g/mol. The summed E-state index contributed by atoms with van der Waals surface area (Å²) in [5, 5.41) is 6.62. The fourth-order valence-electron chi connectivity index (χ4n) is 1.62. The van der Waals surface area contributed by atoms with E-state index in [9.17, 15) is 8.42 Å². The molecule has 0 aromatic carbocycles. The first kappa shape index (κ1) is 14.2. The number of aryl methyl sites for hydroxylation is 2. The minimum atomic E-state index is -3.49. The molecule has 0 saturated carbocycles. The Morgan fingerprint density at radius 3 is 2.74 bits per heavy atom. The normalized spacial score (nSPS) is 11.9. The molecule has 0 fully saturated rings. The largest absolute Gasteiger partial charge is 0.326 e. The van der Waals surface area contributed by atoms with Crippen LogP contribution in [0.1, 0.15) is 21.7 Å². The summed E-state index contributed by atoms with van der Waals surface area (Å²) in [6, 6.07) is 1.65. The van der Waals surface area contributed by atoms with Crippen LogP contribution in [-0.4, -0.2) is 18.6 Å². The summed E-state index contributed by atoms with van der Waals surface area (Å²) in [5.74, 6) is 0. The number of nitrogens with zero attached hydrogens (tertiary/aromatic N) is 1. The molecule has 0 aliphatic rings. The molecule has 2 heterocycles. The Bertz CT molecular complexity index is 673. The van der Waals surface area contributed by atoms with Gasteiger partial charge >= 0.3 is 0 Å². The third kappa shape index (κ3) is 3.03. The van der Waals surface area contributed by atoms with Gasteiger partial charge in [-0.15, -0.1) is 11.3 Å². The van der Waals surface area contributed by atoms with E-state index in [0.29, 0.717) is 10.8 Å². The van der Waals surface area contributed by atoms with E-state index in [1.54, 1.807) is 12.3 Å². The Labute approximate surface area is 116 Å². The van der Waals surface area contributed by atoms with Crippen molar-refractivity contribution in [1.82, 2.24) is 14.9 Å². The molecule has 0 amide bonds. The highest BCUT2D eigenvalue weighted by molar-refractivity contribution is 7.91. The second-order valence-electron chi connectivity index (χ2n) is 4.22. The van der Waals surface area contributed by atoms with E-state index in [2.05, 4.69) is 14.9 Å².